The van der Waals surface area contributed by atoms with E-state index in [-0.39, 0.29) is 5.41 Å². The first-order valence-electron chi connectivity index (χ1n) is 4.37. The van der Waals surface area contributed by atoms with Crippen molar-refractivity contribution in [1.29, 1.82) is 0 Å². The number of fused-ring (bicyclic) bond motifs is 1. The Labute approximate surface area is 67.1 Å². The van der Waals surface area contributed by atoms with Crippen molar-refractivity contribution < 1.29 is 5.11 Å². The predicted octanol–water partition coefficient (Wildman–Crippen LogP) is -0.0455. The van der Waals surface area contributed by atoms with Crippen LogP contribution in [0.3, 0.4) is 0 Å². The molecule has 0 amide bonds. The van der Waals surface area contributed by atoms with Gasteiger partial charge in [-0.1, -0.05) is 6.42 Å². The average molecular weight is 156 g/mol. The number of hydrogen-bond donors (Lipinski definition) is 2. The van der Waals surface area contributed by atoms with E-state index in [9.17, 15) is 5.11 Å². The van der Waals surface area contributed by atoms with E-state index in [0.29, 0.717) is 12.5 Å². The molecule has 0 aromatic rings. The highest BCUT2D eigenvalue weighted by atomic mass is 16.3. The summed E-state index contributed by atoms with van der Waals surface area (Å²) in [7, 11) is 0. The fraction of sp³-hybridized carbons (Fsp3) is 1.00. The van der Waals surface area contributed by atoms with Crippen molar-refractivity contribution >= 4 is 0 Å². The van der Waals surface area contributed by atoms with Crippen LogP contribution < -0.4 is 5.84 Å². The molecule has 1 heterocycles. The first-order valence-corrected chi connectivity index (χ1v) is 4.37. The van der Waals surface area contributed by atoms with E-state index in [4.69, 9.17) is 5.84 Å². The Morgan fingerprint density at radius 2 is 2.45 bits per heavy atom. The molecule has 2 aliphatic rings. The highest BCUT2D eigenvalue weighted by Crippen LogP contribution is 2.47. The van der Waals surface area contributed by atoms with Crippen molar-refractivity contribution in [2.75, 3.05) is 19.7 Å². The largest absolute Gasteiger partial charge is 0.396 e. The van der Waals surface area contributed by atoms with Crippen molar-refractivity contribution in [1.82, 2.24) is 5.01 Å². The molecule has 1 aliphatic carbocycles. The summed E-state index contributed by atoms with van der Waals surface area (Å²) in [6.07, 6.45) is 3.70. The molecule has 3 nitrogen and oxygen atoms in total. The molecule has 3 heteroatoms. The molecule has 1 aliphatic heterocycles. The molecule has 2 unspecified atom stereocenters. The fourth-order valence-electron chi connectivity index (χ4n) is 2.71. The van der Waals surface area contributed by atoms with Gasteiger partial charge in [0, 0.05) is 18.5 Å². The molecule has 0 spiro atoms. The van der Waals surface area contributed by atoms with Crippen LogP contribution in [-0.2, 0) is 0 Å². The third-order valence-electron chi connectivity index (χ3n) is 3.38. The number of nitrogens with two attached hydrogens (primary N) is 1. The van der Waals surface area contributed by atoms with E-state index in [1.165, 1.54) is 19.3 Å². The van der Waals surface area contributed by atoms with Gasteiger partial charge in [0.1, 0.15) is 0 Å². The lowest BCUT2D eigenvalue weighted by molar-refractivity contribution is 0.112. The molecule has 11 heavy (non-hydrogen) atoms. The van der Waals surface area contributed by atoms with Gasteiger partial charge in [0.15, 0.2) is 0 Å². The average Bonchev–Trinajstić information content (AvgIpc) is 2.43. The van der Waals surface area contributed by atoms with E-state index in [2.05, 4.69) is 0 Å². The second-order valence-electron chi connectivity index (χ2n) is 4.04. The zero-order chi connectivity index (χ0) is 7.90. The Balaban J connectivity index is 2.15. The Morgan fingerprint density at radius 3 is 3.09 bits per heavy atom. The molecule has 1 saturated heterocycles. The Kier molecular flexibility index (Phi) is 1.67. The third-order valence-corrected chi connectivity index (χ3v) is 3.38. The lowest BCUT2D eigenvalue weighted by atomic mass is 9.82. The van der Waals surface area contributed by atoms with Gasteiger partial charge in [0.25, 0.3) is 0 Å². The van der Waals surface area contributed by atoms with Crippen molar-refractivity contribution in [3.8, 4) is 0 Å². The van der Waals surface area contributed by atoms with Gasteiger partial charge in [-0.15, -0.1) is 0 Å². The zero-order valence-corrected chi connectivity index (χ0v) is 6.79. The van der Waals surface area contributed by atoms with Crippen molar-refractivity contribution in [2.24, 2.45) is 17.2 Å². The van der Waals surface area contributed by atoms with E-state index in [0.717, 1.165) is 13.1 Å². The van der Waals surface area contributed by atoms with Crippen LogP contribution in [0.4, 0.5) is 0 Å². The van der Waals surface area contributed by atoms with Crippen LogP contribution in [0.5, 0.6) is 0 Å². The van der Waals surface area contributed by atoms with E-state index in [1.54, 1.807) is 0 Å². The second-order valence-corrected chi connectivity index (χ2v) is 4.04. The van der Waals surface area contributed by atoms with Gasteiger partial charge in [-0.05, 0) is 18.8 Å². The molecule has 0 radical (unpaired) electrons. The van der Waals surface area contributed by atoms with Crippen LogP contribution in [0.2, 0.25) is 0 Å². The molecule has 2 rings (SSSR count). The van der Waals surface area contributed by atoms with Crippen LogP contribution in [0.1, 0.15) is 19.3 Å². The maximum Gasteiger partial charge on any atom is 0.0503 e. The number of rotatable bonds is 1. The van der Waals surface area contributed by atoms with Crippen LogP contribution in [0.25, 0.3) is 0 Å². The van der Waals surface area contributed by atoms with Gasteiger partial charge in [-0.25, -0.2) is 5.01 Å². The molecule has 0 bridgehead atoms. The Bertz CT molecular complexity index is 162. The monoisotopic (exact) mass is 156 g/mol. The lowest BCUT2D eigenvalue weighted by Gasteiger charge is -2.25. The molecule has 64 valence electrons. The highest BCUT2D eigenvalue weighted by Gasteiger charge is 2.48. The van der Waals surface area contributed by atoms with Gasteiger partial charge in [0.2, 0.25) is 0 Å². The molecule has 0 aromatic carbocycles. The van der Waals surface area contributed by atoms with Crippen LogP contribution >= 0.6 is 0 Å². The minimum absolute atomic E-state index is 0.175. The summed E-state index contributed by atoms with van der Waals surface area (Å²) in [5, 5.41) is 11.1. The summed E-state index contributed by atoms with van der Waals surface area (Å²) < 4.78 is 0. The van der Waals surface area contributed by atoms with Crippen molar-refractivity contribution in [2.45, 2.75) is 19.3 Å². The maximum absolute atomic E-state index is 9.26. The summed E-state index contributed by atoms with van der Waals surface area (Å²) in [6, 6.07) is 0. The molecule has 2 atom stereocenters. The standard InChI is InChI=1S/C8H16N2O/c9-10-4-7-2-1-3-8(7,5-10)6-11/h7,11H,1-6,9H2. The molecule has 1 saturated carbocycles. The van der Waals surface area contributed by atoms with Gasteiger partial charge in [-0.3, -0.25) is 5.84 Å². The fourth-order valence-corrected chi connectivity index (χ4v) is 2.71. The van der Waals surface area contributed by atoms with Crippen LogP contribution in [0.15, 0.2) is 0 Å². The Hall–Kier alpha value is -0.120. The summed E-state index contributed by atoms with van der Waals surface area (Å²) in [5.74, 6) is 6.37. The SMILES string of the molecule is NN1CC2CCCC2(CO)C1. The van der Waals surface area contributed by atoms with Crippen LogP contribution in [-0.4, -0.2) is 29.8 Å². The van der Waals surface area contributed by atoms with E-state index < -0.39 is 0 Å². The van der Waals surface area contributed by atoms with Gasteiger partial charge in [-0.2, -0.15) is 0 Å². The minimum Gasteiger partial charge on any atom is -0.396 e. The number of hydrazine groups is 1. The number of aliphatic hydroxyl groups excluding tert-OH is 1. The highest BCUT2D eigenvalue weighted by molar-refractivity contribution is 4.98. The van der Waals surface area contributed by atoms with Crippen molar-refractivity contribution in [3.63, 3.8) is 0 Å². The van der Waals surface area contributed by atoms with E-state index >= 15 is 0 Å². The van der Waals surface area contributed by atoms with Gasteiger partial charge >= 0.3 is 0 Å². The Morgan fingerprint density at radius 1 is 1.64 bits per heavy atom. The van der Waals surface area contributed by atoms with Crippen molar-refractivity contribution in [3.05, 3.63) is 0 Å². The molecule has 2 fully saturated rings. The number of hydrogen-bond acceptors (Lipinski definition) is 3. The van der Waals surface area contributed by atoms with Crippen LogP contribution in [0, 0.1) is 11.3 Å². The summed E-state index contributed by atoms with van der Waals surface area (Å²) in [5.41, 5.74) is 0.175. The predicted molar refractivity (Wildman–Crippen MR) is 42.6 cm³/mol. The molecular weight excluding hydrogens is 140 g/mol. The number of aliphatic hydroxyl groups is 1. The number of nitrogens with zero attached hydrogens (tertiary/aromatic N) is 1. The molecule has 3 N–H and O–H groups in total. The molecular formula is C8H16N2O. The topological polar surface area (TPSA) is 49.5 Å². The first kappa shape index (κ1) is 7.53. The first-order chi connectivity index (χ1) is 5.27. The summed E-state index contributed by atoms with van der Waals surface area (Å²) >= 11 is 0. The zero-order valence-electron chi connectivity index (χ0n) is 6.79. The third kappa shape index (κ3) is 0.991. The summed E-state index contributed by atoms with van der Waals surface area (Å²) in [6.45, 7) is 2.21. The minimum atomic E-state index is 0.175. The smallest absolute Gasteiger partial charge is 0.0503 e. The van der Waals surface area contributed by atoms with Gasteiger partial charge < -0.3 is 5.11 Å². The quantitative estimate of drug-likeness (QED) is 0.523. The second kappa shape index (κ2) is 2.44. The van der Waals surface area contributed by atoms with Gasteiger partial charge in [0.05, 0.1) is 6.61 Å². The lowest BCUT2D eigenvalue weighted by Crippen LogP contribution is -2.33. The normalized spacial score (nSPS) is 44.7. The van der Waals surface area contributed by atoms with E-state index in [1.807, 2.05) is 5.01 Å². The maximum atomic E-state index is 9.26. The molecule has 0 aromatic heterocycles. The summed E-state index contributed by atoms with van der Waals surface area (Å²) in [4.78, 5) is 0.